The number of aliphatic hydroxyl groups excluding tert-OH is 1. The van der Waals surface area contributed by atoms with Crippen LogP contribution in [0.3, 0.4) is 0 Å². The van der Waals surface area contributed by atoms with E-state index in [0.29, 0.717) is 5.69 Å². The zero-order chi connectivity index (χ0) is 23.1. The molecule has 2 N–H and O–H groups in total. The Hall–Kier alpha value is -3.17. The largest absolute Gasteiger partial charge is 0.509 e. The number of ether oxygens (including phenoxy) is 1. The lowest BCUT2D eigenvalue weighted by atomic mass is 10.1. The number of sulfonamides is 1. The Balaban J connectivity index is 1.73. The van der Waals surface area contributed by atoms with Gasteiger partial charge in [0.05, 0.1) is 17.9 Å². The summed E-state index contributed by atoms with van der Waals surface area (Å²) in [7, 11) is -4.03. The molecule has 2 aromatic carbocycles. The number of nitrogens with zero attached hydrogens (tertiary/aromatic N) is 2. The van der Waals surface area contributed by atoms with E-state index in [1.54, 1.807) is 18.2 Å². The predicted octanol–water partition coefficient (Wildman–Crippen LogP) is 3.24. The molecule has 0 spiro atoms. The van der Waals surface area contributed by atoms with Crippen molar-refractivity contribution in [2.75, 3.05) is 11.9 Å². The number of aliphatic hydroxyl groups is 1. The Morgan fingerprint density at radius 3 is 2.44 bits per heavy atom. The van der Waals surface area contributed by atoms with E-state index in [1.807, 2.05) is 51.1 Å². The minimum Gasteiger partial charge on any atom is -0.509 e. The standard InChI is InChI=1S/C23H25N3O5S/c1-23(2,3)31-14-17-20(27)19(22(28)26(17)13-15-9-5-4-6-10-15)21-24-16-11-7-8-12-18(16)32(29,30)25-21/h4-12,17,27H,13-14H2,1-3H3,(H,24,25)/t17-/m0/s1. The van der Waals surface area contributed by atoms with E-state index >= 15 is 0 Å². The normalized spacial score (nSPS) is 20.1. The Morgan fingerprint density at radius 2 is 1.75 bits per heavy atom. The molecule has 0 saturated carbocycles. The van der Waals surface area contributed by atoms with Crippen molar-refractivity contribution in [1.29, 1.82) is 0 Å². The average Bonchev–Trinajstić information content (AvgIpc) is 2.95. The van der Waals surface area contributed by atoms with E-state index in [-0.39, 0.29) is 35.2 Å². The van der Waals surface area contributed by atoms with Gasteiger partial charge in [0.15, 0.2) is 5.84 Å². The summed E-state index contributed by atoms with van der Waals surface area (Å²) in [5.74, 6) is -0.978. The number of carbonyl (C=O) groups excluding carboxylic acids is 1. The van der Waals surface area contributed by atoms with Crippen molar-refractivity contribution in [3.8, 4) is 0 Å². The van der Waals surface area contributed by atoms with Crippen LogP contribution in [-0.2, 0) is 26.1 Å². The number of carbonyl (C=O) groups is 1. The summed E-state index contributed by atoms with van der Waals surface area (Å²) in [5, 5.41) is 14.0. The van der Waals surface area contributed by atoms with Crippen molar-refractivity contribution >= 4 is 27.5 Å². The van der Waals surface area contributed by atoms with Crippen LogP contribution in [0.15, 0.2) is 75.2 Å². The summed E-state index contributed by atoms with van der Waals surface area (Å²) in [4.78, 5) is 14.9. The van der Waals surface area contributed by atoms with Gasteiger partial charge in [-0.2, -0.15) is 8.42 Å². The third kappa shape index (κ3) is 4.26. The maximum atomic E-state index is 13.4. The topological polar surface area (TPSA) is 108 Å². The summed E-state index contributed by atoms with van der Waals surface area (Å²) in [6.07, 6.45) is 0. The number of rotatable bonds is 5. The molecule has 1 atom stereocenters. The molecule has 8 nitrogen and oxygen atoms in total. The van der Waals surface area contributed by atoms with Gasteiger partial charge < -0.3 is 20.1 Å². The van der Waals surface area contributed by atoms with Crippen LogP contribution in [0.5, 0.6) is 0 Å². The molecule has 2 aromatic rings. The highest BCUT2D eigenvalue weighted by Crippen LogP contribution is 2.33. The lowest BCUT2D eigenvalue weighted by Crippen LogP contribution is -2.40. The number of fused-ring (bicyclic) bond motifs is 1. The van der Waals surface area contributed by atoms with Gasteiger partial charge >= 0.3 is 0 Å². The maximum Gasteiger partial charge on any atom is 0.286 e. The molecule has 4 rings (SSSR count). The van der Waals surface area contributed by atoms with Gasteiger partial charge in [-0.1, -0.05) is 42.5 Å². The number of nitrogens with one attached hydrogen (secondary N) is 1. The van der Waals surface area contributed by atoms with Crippen LogP contribution in [0, 0.1) is 0 Å². The number of hydrogen-bond donors (Lipinski definition) is 2. The quantitative estimate of drug-likeness (QED) is 0.717. The molecule has 168 valence electrons. The van der Waals surface area contributed by atoms with Gasteiger partial charge in [-0.25, -0.2) is 0 Å². The highest BCUT2D eigenvalue weighted by molar-refractivity contribution is 7.90. The molecule has 0 unspecified atom stereocenters. The Labute approximate surface area is 187 Å². The first-order chi connectivity index (χ1) is 15.1. The Bertz CT molecular complexity index is 1210. The summed E-state index contributed by atoms with van der Waals surface area (Å²) in [6, 6.07) is 14.9. The summed E-state index contributed by atoms with van der Waals surface area (Å²) < 4.78 is 35.0. The molecule has 0 saturated heterocycles. The highest BCUT2D eigenvalue weighted by atomic mass is 32.2. The van der Waals surface area contributed by atoms with Gasteiger partial charge in [-0.3, -0.25) is 4.79 Å². The first kappa shape index (κ1) is 22.0. The van der Waals surface area contributed by atoms with Gasteiger partial charge in [0.2, 0.25) is 0 Å². The molecular formula is C23H25N3O5S. The van der Waals surface area contributed by atoms with Crippen molar-refractivity contribution in [2.45, 2.75) is 43.9 Å². The Kier molecular flexibility index (Phi) is 5.56. The summed E-state index contributed by atoms with van der Waals surface area (Å²) >= 11 is 0. The van der Waals surface area contributed by atoms with E-state index in [0.717, 1.165) is 5.56 Å². The van der Waals surface area contributed by atoms with E-state index in [9.17, 15) is 18.3 Å². The van der Waals surface area contributed by atoms with Crippen LogP contribution in [0.1, 0.15) is 26.3 Å². The van der Waals surface area contributed by atoms with Crippen molar-refractivity contribution in [3.63, 3.8) is 0 Å². The highest BCUT2D eigenvalue weighted by Gasteiger charge is 2.44. The third-order valence-electron chi connectivity index (χ3n) is 5.16. The van der Waals surface area contributed by atoms with Crippen LogP contribution >= 0.6 is 0 Å². The zero-order valence-electron chi connectivity index (χ0n) is 18.1. The molecule has 32 heavy (non-hydrogen) atoms. The monoisotopic (exact) mass is 455 g/mol. The van der Waals surface area contributed by atoms with Crippen molar-refractivity contribution in [2.24, 2.45) is 4.40 Å². The van der Waals surface area contributed by atoms with Crippen LogP contribution in [-0.4, -0.2) is 48.4 Å². The van der Waals surface area contributed by atoms with Crippen LogP contribution in [0.25, 0.3) is 0 Å². The van der Waals surface area contributed by atoms with Gasteiger partial charge in [-0.15, -0.1) is 4.40 Å². The van der Waals surface area contributed by atoms with Gasteiger partial charge in [0.1, 0.15) is 22.3 Å². The Morgan fingerprint density at radius 1 is 1.09 bits per heavy atom. The van der Waals surface area contributed by atoms with Crippen molar-refractivity contribution in [3.05, 3.63) is 71.5 Å². The van der Waals surface area contributed by atoms with E-state index in [1.165, 1.54) is 11.0 Å². The molecule has 9 heteroatoms. The fourth-order valence-electron chi connectivity index (χ4n) is 3.61. The number of amides is 1. The molecule has 0 fully saturated rings. The molecule has 1 amide bonds. The summed E-state index contributed by atoms with van der Waals surface area (Å²) in [5.41, 5.74) is 0.510. The van der Waals surface area contributed by atoms with Crippen LogP contribution < -0.4 is 5.32 Å². The van der Waals surface area contributed by atoms with Gasteiger partial charge in [0.25, 0.3) is 15.9 Å². The molecule has 2 heterocycles. The van der Waals surface area contributed by atoms with E-state index < -0.39 is 27.6 Å². The number of amidine groups is 1. The van der Waals surface area contributed by atoms with Crippen LogP contribution in [0.2, 0.25) is 0 Å². The number of benzene rings is 2. The molecule has 0 radical (unpaired) electrons. The average molecular weight is 456 g/mol. The van der Waals surface area contributed by atoms with E-state index in [2.05, 4.69) is 9.71 Å². The van der Waals surface area contributed by atoms with Crippen molar-refractivity contribution < 1.29 is 23.1 Å². The third-order valence-corrected chi connectivity index (χ3v) is 6.49. The predicted molar refractivity (Wildman–Crippen MR) is 121 cm³/mol. The fraction of sp³-hybridized carbons (Fsp3) is 0.304. The second-order valence-electron chi connectivity index (χ2n) is 8.65. The first-order valence-corrected chi connectivity index (χ1v) is 11.6. The van der Waals surface area contributed by atoms with Gasteiger partial charge in [-0.05, 0) is 38.5 Å². The van der Waals surface area contributed by atoms with Gasteiger partial charge in [0, 0.05) is 6.54 Å². The maximum absolute atomic E-state index is 13.4. The van der Waals surface area contributed by atoms with Crippen LogP contribution in [0.4, 0.5) is 5.69 Å². The minimum absolute atomic E-state index is 0.0167. The fourth-order valence-corrected chi connectivity index (χ4v) is 4.74. The lowest BCUT2D eigenvalue weighted by Gasteiger charge is -2.29. The first-order valence-electron chi connectivity index (χ1n) is 10.2. The molecule has 0 aliphatic carbocycles. The smallest absolute Gasteiger partial charge is 0.286 e. The van der Waals surface area contributed by atoms with E-state index in [4.69, 9.17) is 4.74 Å². The SMILES string of the molecule is CC(C)(C)OC[C@H]1C(O)=C(C2=NS(=O)(=O)c3ccccc3N2)C(=O)N1Cc1ccccc1. The second kappa shape index (κ2) is 8.07. The zero-order valence-corrected chi connectivity index (χ0v) is 18.9. The van der Waals surface area contributed by atoms with Crippen molar-refractivity contribution in [1.82, 2.24) is 4.90 Å². The minimum atomic E-state index is -4.03. The summed E-state index contributed by atoms with van der Waals surface area (Å²) in [6.45, 7) is 5.91. The number of anilines is 1. The molecule has 0 bridgehead atoms. The number of hydrogen-bond acceptors (Lipinski definition) is 6. The molecule has 2 aliphatic heterocycles. The number of para-hydroxylation sites is 1. The molecule has 2 aliphatic rings. The second-order valence-corrected chi connectivity index (χ2v) is 10.2. The molecule has 0 aromatic heterocycles. The lowest BCUT2D eigenvalue weighted by molar-refractivity contribution is -0.129. The molecular weight excluding hydrogens is 430 g/mol.